The summed E-state index contributed by atoms with van der Waals surface area (Å²) in [6.45, 7) is 3.44. The van der Waals surface area contributed by atoms with E-state index in [4.69, 9.17) is 16.3 Å². The number of nitrogens with zero attached hydrogens (tertiary/aromatic N) is 2. The maximum Gasteiger partial charge on any atom is 0.297 e. The van der Waals surface area contributed by atoms with Crippen LogP contribution in [0.5, 0.6) is 11.5 Å². The van der Waals surface area contributed by atoms with E-state index in [2.05, 4.69) is 10.4 Å². The molecular formula is C20H18ClN3O3. The fourth-order valence-electron chi connectivity index (χ4n) is 2.70. The number of anilines is 1. The van der Waals surface area contributed by atoms with Gasteiger partial charge in [-0.15, -0.1) is 0 Å². The lowest BCUT2D eigenvalue weighted by molar-refractivity contribution is -0.112. The highest BCUT2D eigenvalue weighted by molar-refractivity contribution is 6.47. The summed E-state index contributed by atoms with van der Waals surface area (Å²) in [4.78, 5) is 25.1. The second-order valence-electron chi connectivity index (χ2n) is 5.98. The van der Waals surface area contributed by atoms with Gasteiger partial charge in [-0.2, -0.15) is 5.10 Å². The largest absolute Gasteiger partial charge is 0.454 e. The Balaban J connectivity index is 1.85. The molecule has 7 heteroatoms. The average molecular weight is 384 g/mol. The van der Waals surface area contributed by atoms with Gasteiger partial charge in [0.25, 0.3) is 11.7 Å². The Morgan fingerprint density at radius 1 is 1.04 bits per heavy atom. The number of halogens is 1. The van der Waals surface area contributed by atoms with Crippen molar-refractivity contribution in [1.29, 1.82) is 0 Å². The Labute approximate surface area is 161 Å². The van der Waals surface area contributed by atoms with E-state index in [1.54, 1.807) is 74.1 Å². The number of Topliss-reactive ketones (excluding diaryl/α,β-unsaturated/α-hetero) is 1. The Kier molecular flexibility index (Phi) is 5.28. The van der Waals surface area contributed by atoms with Crippen LogP contribution in [0, 0.1) is 13.8 Å². The number of benzene rings is 2. The Hall–Kier alpha value is -3.12. The van der Waals surface area contributed by atoms with Crippen LogP contribution in [-0.4, -0.2) is 21.5 Å². The molecule has 0 aliphatic carbocycles. The van der Waals surface area contributed by atoms with Gasteiger partial charge in [-0.3, -0.25) is 14.3 Å². The van der Waals surface area contributed by atoms with Crippen molar-refractivity contribution < 1.29 is 14.3 Å². The van der Waals surface area contributed by atoms with E-state index in [1.165, 1.54) is 0 Å². The first kappa shape index (κ1) is 18.7. The maximum absolute atomic E-state index is 12.6. The number of hydrogen-bond donors (Lipinski definition) is 1. The van der Waals surface area contributed by atoms with E-state index in [9.17, 15) is 9.59 Å². The molecule has 27 heavy (non-hydrogen) atoms. The minimum Gasteiger partial charge on any atom is -0.454 e. The number of carbonyl (C=O) groups is 2. The zero-order valence-corrected chi connectivity index (χ0v) is 15.9. The number of aryl methyl sites for hydroxylation is 2. The van der Waals surface area contributed by atoms with Crippen LogP contribution >= 0.6 is 11.6 Å². The third-order valence-corrected chi connectivity index (χ3v) is 4.45. The molecule has 1 heterocycles. The van der Waals surface area contributed by atoms with Gasteiger partial charge in [0, 0.05) is 12.7 Å². The van der Waals surface area contributed by atoms with Gasteiger partial charge in [-0.25, -0.2) is 0 Å². The molecule has 138 valence electrons. The standard InChI is InChI=1S/C20H18ClN3O3/c1-12-18(13(2)24(3)23-12)19(25)20(26)22-15-9-5-7-11-17(15)27-16-10-6-4-8-14(16)21/h4-11H,1-3H3,(H,22,26). The first-order valence-electron chi connectivity index (χ1n) is 8.25. The molecule has 0 atom stereocenters. The molecule has 1 N–H and O–H groups in total. The monoisotopic (exact) mass is 383 g/mol. The molecule has 0 bridgehead atoms. The minimum absolute atomic E-state index is 0.305. The number of carbonyl (C=O) groups excluding carboxylic acids is 2. The molecule has 3 aromatic rings. The first-order valence-corrected chi connectivity index (χ1v) is 8.63. The summed E-state index contributed by atoms with van der Waals surface area (Å²) in [6, 6.07) is 13.8. The van der Waals surface area contributed by atoms with Gasteiger partial charge in [0.2, 0.25) is 0 Å². The molecule has 1 aromatic heterocycles. The van der Waals surface area contributed by atoms with Gasteiger partial charge in [0.05, 0.1) is 22.0 Å². The first-order chi connectivity index (χ1) is 12.9. The van der Waals surface area contributed by atoms with Crippen LogP contribution in [0.4, 0.5) is 5.69 Å². The van der Waals surface area contributed by atoms with Gasteiger partial charge in [-0.05, 0) is 38.1 Å². The lowest BCUT2D eigenvalue weighted by atomic mass is 10.1. The molecule has 1 amide bonds. The summed E-state index contributed by atoms with van der Waals surface area (Å²) >= 11 is 6.12. The molecule has 0 aliphatic rings. The molecule has 0 spiro atoms. The predicted molar refractivity (Wildman–Crippen MR) is 104 cm³/mol. The highest BCUT2D eigenvalue weighted by Gasteiger charge is 2.24. The summed E-state index contributed by atoms with van der Waals surface area (Å²) in [6.07, 6.45) is 0. The van der Waals surface area contributed by atoms with Crippen molar-refractivity contribution in [2.24, 2.45) is 7.05 Å². The van der Waals surface area contributed by atoms with E-state index in [0.717, 1.165) is 0 Å². The number of ketones is 1. The van der Waals surface area contributed by atoms with Crippen molar-refractivity contribution in [3.63, 3.8) is 0 Å². The third kappa shape index (κ3) is 3.85. The third-order valence-electron chi connectivity index (χ3n) is 4.13. The zero-order valence-electron chi connectivity index (χ0n) is 15.1. The average Bonchev–Trinajstić information content (AvgIpc) is 2.90. The second kappa shape index (κ2) is 7.63. The molecule has 0 saturated heterocycles. The zero-order chi connectivity index (χ0) is 19.6. The van der Waals surface area contributed by atoms with Crippen LogP contribution in [0.15, 0.2) is 48.5 Å². The fraction of sp³-hybridized carbons (Fsp3) is 0.150. The van der Waals surface area contributed by atoms with Crippen molar-refractivity contribution in [1.82, 2.24) is 9.78 Å². The van der Waals surface area contributed by atoms with Crippen molar-refractivity contribution in [2.45, 2.75) is 13.8 Å². The predicted octanol–water partition coefficient (Wildman–Crippen LogP) is 4.30. The quantitative estimate of drug-likeness (QED) is 0.526. The van der Waals surface area contributed by atoms with E-state index in [0.29, 0.717) is 39.2 Å². The van der Waals surface area contributed by atoms with Crippen molar-refractivity contribution in [2.75, 3.05) is 5.32 Å². The normalized spacial score (nSPS) is 10.5. The molecule has 2 aromatic carbocycles. The van der Waals surface area contributed by atoms with Gasteiger partial charge >= 0.3 is 0 Å². The number of hydrogen-bond acceptors (Lipinski definition) is 4. The summed E-state index contributed by atoms with van der Waals surface area (Å²) in [5.74, 6) is -0.576. The lowest BCUT2D eigenvalue weighted by Gasteiger charge is -2.12. The van der Waals surface area contributed by atoms with Gasteiger partial charge in [0.1, 0.15) is 5.75 Å². The van der Waals surface area contributed by atoms with Crippen molar-refractivity contribution in [3.05, 3.63) is 70.5 Å². The molecule has 0 fully saturated rings. The number of rotatable bonds is 5. The van der Waals surface area contributed by atoms with Crippen LogP contribution in [0.3, 0.4) is 0 Å². The molecule has 0 aliphatic heterocycles. The molecule has 0 unspecified atom stereocenters. The Morgan fingerprint density at radius 3 is 2.30 bits per heavy atom. The van der Waals surface area contributed by atoms with E-state index >= 15 is 0 Å². The number of amides is 1. The topological polar surface area (TPSA) is 73.2 Å². The minimum atomic E-state index is -0.760. The fourth-order valence-corrected chi connectivity index (χ4v) is 2.87. The highest BCUT2D eigenvalue weighted by Crippen LogP contribution is 2.33. The van der Waals surface area contributed by atoms with Gasteiger partial charge in [0.15, 0.2) is 5.75 Å². The van der Waals surface area contributed by atoms with Gasteiger partial charge < -0.3 is 10.1 Å². The lowest BCUT2D eigenvalue weighted by Crippen LogP contribution is -2.24. The summed E-state index contributed by atoms with van der Waals surface area (Å²) in [5, 5.41) is 7.24. The SMILES string of the molecule is Cc1nn(C)c(C)c1C(=O)C(=O)Nc1ccccc1Oc1ccccc1Cl. The molecule has 6 nitrogen and oxygen atoms in total. The van der Waals surface area contributed by atoms with E-state index in [1.807, 2.05) is 0 Å². The number of aromatic nitrogens is 2. The molecule has 0 saturated carbocycles. The van der Waals surface area contributed by atoms with Crippen LogP contribution in [-0.2, 0) is 11.8 Å². The van der Waals surface area contributed by atoms with Crippen LogP contribution in [0.1, 0.15) is 21.7 Å². The highest BCUT2D eigenvalue weighted by atomic mass is 35.5. The smallest absolute Gasteiger partial charge is 0.297 e. The summed E-state index contributed by atoms with van der Waals surface area (Å²) in [7, 11) is 1.73. The van der Waals surface area contributed by atoms with Crippen LogP contribution < -0.4 is 10.1 Å². The van der Waals surface area contributed by atoms with Gasteiger partial charge in [-0.1, -0.05) is 35.9 Å². The number of nitrogens with one attached hydrogen (secondary N) is 1. The van der Waals surface area contributed by atoms with E-state index in [-0.39, 0.29) is 0 Å². The molecule has 0 radical (unpaired) electrons. The Bertz CT molecular complexity index is 1030. The second-order valence-corrected chi connectivity index (χ2v) is 6.39. The summed E-state index contributed by atoms with van der Waals surface area (Å²) < 4.78 is 7.38. The van der Waals surface area contributed by atoms with Crippen molar-refractivity contribution in [3.8, 4) is 11.5 Å². The van der Waals surface area contributed by atoms with E-state index < -0.39 is 11.7 Å². The Morgan fingerprint density at radius 2 is 1.67 bits per heavy atom. The maximum atomic E-state index is 12.6. The molecule has 3 rings (SSSR count). The number of para-hydroxylation sites is 3. The summed E-state index contributed by atoms with van der Waals surface area (Å²) in [5.41, 5.74) is 1.82. The number of ether oxygens (including phenoxy) is 1. The van der Waals surface area contributed by atoms with Crippen LogP contribution in [0.25, 0.3) is 0 Å². The molecular weight excluding hydrogens is 366 g/mol. The van der Waals surface area contributed by atoms with Crippen LogP contribution in [0.2, 0.25) is 5.02 Å². The van der Waals surface area contributed by atoms with Crippen molar-refractivity contribution >= 4 is 29.0 Å².